The lowest BCUT2D eigenvalue weighted by atomic mass is 9.39. The van der Waals surface area contributed by atoms with E-state index < -0.39 is 32.0 Å². The zero-order valence-corrected chi connectivity index (χ0v) is 21.7. The van der Waals surface area contributed by atoms with Crippen LogP contribution in [0.2, 0.25) is 0 Å². The molecule has 4 rings (SSSR count). The normalized spacial score (nSPS) is 41.3. The summed E-state index contributed by atoms with van der Waals surface area (Å²) in [6.45, 7) is 7.18. The molecule has 1 heterocycles. The van der Waals surface area contributed by atoms with Crippen LogP contribution in [0.25, 0.3) is 0 Å². The number of hydrogen-bond acceptors (Lipinski definition) is 8. The average Bonchev–Trinajstić information content (AvgIpc) is 3.09. The molecular weight excluding hydrogens is 484 g/mol. The molecule has 0 radical (unpaired) electrons. The quantitative estimate of drug-likeness (QED) is 0.310. The molecule has 0 aromatic rings. The first-order valence-electron chi connectivity index (χ1n) is 11.8. The largest absolute Gasteiger partial charge is 0.465 e. The van der Waals surface area contributed by atoms with Crippen LogP contribution in [0.5, 0.6) is 0 Å². The van der Waals surface area contributed by atoms with Crippen molar-refractivity contribution in [1.82, 2.24) is 0 Å². The Morgan fingerprint density at radius 1 is 1.15 bits per heavy atom. The first kappa shape index (κ1) is 25.5. The molecule has 7 atom stereocenters. The van der Waals surface area contributed by atoms with Crippen molar-refractivity contribution in [2.45, 2.75) is 65.9 Å². The van der Waals surface area contributed by atoms with Crippen LogP contribution in [0.1, 0.15) is 59.8 Å². The number of esters is 3. The van der Waals surface area contributed by atoms with Gasteiger partial charge in [-0.2, -0.15) is 0 Å². The molecule has 0 amide bonds. The number of ether oxygens (including phenoxy) is 3. The molecule has 34 heavy (non-hydrogen) atoms. The van der Waals surface area contributed by atoms with Gasteiger partial charge in [-0.15, -0.1) is 0 Å². The third-order valence-electron chi connectivity index (χ3n) is 9.26. The predicted octanol–water partition coefficient (Wildman–Crippen LogP) is 3.37. The SMILES string of the molecule is CC(=O)OC[C@@]1(C)[C@H]2CC[C@]3(CS(=O)(=O)Cl)[C@H]4COC(=O)C4=CC[C@H]3[C@]2(C)CC[C@H]1OC(C)=O. The van der Waals surface area contributed by atoms with Gasteiger partial charge in [0, 0.05) is 41.4 Å². The Morgan fingerprint density at radius 2 is 1.85 bits per heavy atom. The molecule has 10 heteroatoms. The topological polar surface area (TPSA) is 113 Å². The molecule has 1 saturated heterocycles. The minimum atomic E-state index is -3.86. The Morgan fingerprint density at radius 3 is 2.47 bits per heavy atom. The van der Waals surface area contributed by atoms with Gasteiger partial charge in [-0.3, -0.25) is 9.59 Å². The number of halogens is 1. The Labute approximate surface area is 205 Å². The second kappa shape index (κ2) is 8.50. The summed E-state index contributed by atoms with van der Waals surface area (Å²) in [6, 6.07) is 0. The van der Waals surface area contributed by atoms with Crippen molar-refractivity contribution in [2.75, 3.05) is 19.0 Å². The number of allylic oxidation sites excluding steroid dienone is 1. The van der Waals surface area contributed by atoms with Crippen LogP contribution in [0.4, 0.5) is 0 Å². The van der Waals surface area contributed by atoms with Crippen LogP contribution in [0.3, 0.4) is 0 Å². The number of carbonyl (C=O) groups is 3. The molecule has 0 aromatic heterocycles. The number of fused-ring (bicyclic) bond motifs is 5. The van der Waals surface area contributed by atoms with Crippen molar-refractivity contribution in [2.24, 2.45) is 34.0 Å². The minimum absolute atomic E-state index is 0.00146. The van der Waals surface area contributed by atoms with Crippen molar-refractivity contribution < 1.29 is 37.0 Å². The third kappa shape index (κ3) is 4.06. The highest BCUT2D eigenvalue weighted by Gasteiger charge is 2.67. The van der Waals surface area contributed by atoms with Crippen LogP contribution in [-0.4, -0.2) is 51.4 Å². The van der Waals surface area contributed by atoms with E-state index in [9.17, 15) is 22.8 Å². The van der Waals surface area contributed by atoms with Gasteiger partial charge in [0.05, 0.1) is 12.4 Å². The monoisotopic (exact) mass is 516 g/mol. The summed E-state index contributed by atoms with van der Waals surface area (Å²) >= 11 is 0. The Bertz CT molecular complexity index is 1040. The van der Waals surface area contributed by atoms with E-state index >= 15 is 0 Å². The molecule has 0 spiro atoms. The Balaban J connectivity index is 1.79. The molecule has 4 aliphatic rings. The smallest absolute Gasteiger partial charge is 0.334 e. The van der Waals surface area contributed by atoms with E-state index in [1.807, 2.05) is 13.0 Å². The van der Waals surface area contributed by atoms with Gasteiger partial charge in [0.15, 0.2) is 0 Å². The maximum Gasteiger partial charge on any atom is 0.334 e. The number of rotatable bonds is 5. The molecule has 0 N–H and O–H groups in total. The van der Waals surface area contributed by atoms with Crippen molar-refractivity contribution in [3.8, 4) is 0 Å². The molecule has 190 valence electrons. The highest BCUT2D eigenvalue weighted by molar-refractivity contribution is 8.13. The maximum atomic E-state index is 12.5. The van der Waals surface area contributed by atoms with Crippen molar-refractivity contribution >= 4 is 37.6 Å². The lowest BCUT2D eigenvalue weighted by Gasteiger charge is -2.66. The summed E-state index contributed by atoms with van der Waals surface area (Å²) in [7, 11) is 2.00. The molecule has 0 aromatic carbocycles. The summed E-state index contributed by atoms with van der Waals surface area (Å²) in [5.41, 5.74) is -1.14. The van der Waals surface area contributed by atoms with E-state index in [0.717, 1.165) is 0 Å². The fraction of sp³-hybridized carbons (Fsp3) is 0.792. The van der Waals surface area contributed by atoms with Crippen LogP contribution < -0.4 is 0 Å². The molecule has 2 saturated carbocycles. The van der Waals surface area contributed by atoms with Crippen molar-refractivity contribution in [1.29, 1.82) is 0 Å². The van der Waals surface area contributed by atoms with Gasteiger partial charge in [0.1, 0.15) is 12.7 Å². The van der Waals surface area contributed by atoms with Gasteiger partial charge in [-0.25, -0.2) is 13.2 Å². The molecule has 3 aliphatic carbocycles. The summed E-state index contributed by atoms with van der Waals surface area (Å²) < 4.78 is 41.5. The fourth-order valence-corrected chi connectivity index (χ4v) is 9.82. The summed E-state index contributed by atoms with van der Waals surface area (Å²) in [4.78, 5) is 36.0. The molecule has 0 bridgehead atoms. The predicted molar refractivity (Wildman–Crippen MR) is 123 cm³/mol. The van der Waals surface area contributed by atoms with E-state index in [1.54, 1.807) is 0 Å². The van der Waals surface area contributed by atoms with E-state index in [-0.39, 0.29) is 54.1 Å². The van der Waals surface area contributed by atoms with Gasteiger partial charge in [-0.1, -0.05) is 19.9 Å². The molecule has 3 fully saturated rings. The van der Waals surface area contributed by atoms with Crippen LogP contribution in [0, 0.1) is 34.0 Å². The molecule has 0 unspecified atom stereocenters. The van der Waals surface area contributed by atoms with Crippen molar-refractivity contribution in [3.63, 3.8) is 0 Å². The van der Waals surface area contributed by atoms with E-state index in [4.69, 9.17) is 24.9 Å². The van der Waals surface area contributed by atoms with E-state index in [1.165, 1.54) is 13.8 Å². The lowest BCUT2D eigenvalue weighted by molar-refractivity contribution is -0.213. The Kier molecular flexibility index (Phi) is 6.37. The third-order valence-corrected chi connectivity index (χ3v) is 10.5. The second-order valence-electron chi connectivity index (χ2n) is 11.0. The van der Waals surface area contributed by atoms with E-state index in [0.29, 0.717) is 37.7 Å². The number of hydrogen-bond donors (Lipinski definition) is 0. The van der Waals surface area contributed by atoms with Crippen LogP contribution in [-0.2, 0) is 37.6 Å². The summed E-state index contributed by atoms with van der Waals surface area (Å²) in [5.74, 6) is -1.78. The zero-order chi connectivity index (χ0) is 25.1. The van der Waals surface area contributed by atoms with Gasteiger partial charge in [-0.05, 0) is 54.8 Å². The highest BCUT2D eigenvalue weighted by atomic mass is 35.7. The van der Waals surface area contributed by atoms with Crippen molar-refractivity contribution in [3.05, 3.63) is 11.6 Å². The maximum absolute atomic E-state index is 12.5. The van der Waals surface area contributed by atoms with Crippen LogP contribution in [0.15, 0.2) is 11.6 Å². The minimum Gasteiger partial charge on any atom is -0.465 e. The van der Waals surface area contributed by atoms with Gasteiger partial charge < -0.3 is 14.2 Å². The van der Waals surface area contributed by atoms with E-state index in [2.05, 4.69) is 6.92 Å². The standard InChI is InChI=1S/C24H33ClO8S/c1-14(26)32-12-23(4)18-7-10-24(13-34(25,29)30)17-11-31-21(28)16(17)5-6-19(24)22(18,3)9-8-20(23)33-15(2)27/h5,17-20H,6-13H2,1-4H3/t17-,18-,19-,20+,22+,23-,24-/m0/s1. The lowest BCUT2D eigenvalue weighted by Crippen LogP contribution is -2.64. The fourth-order valence-electron chi connectivity index (χ4n) is 8.02. The molecule has 8 nitrogen and oxygen atoms in total. The first-order valence-corrected chi connectivity index (χ1v) is 14.3. The van der Waals surface area contributed by atoms with Crippen LogP contribution >= 0.6 is 10.7 Å². The summed E-state index contributed by atoms with van der Waals surface area (Å²) in [5, 5.41) is 0. The molecular formula is C24H33ClO8S. The second-order valence-corrected chi connectivity index (χ2v) is 13.8. The number of cyclic esters (lactones) is 1. The molecule has 1 aliphatic heterocycles. The van der Waals surface area contributed by atoms with Gasteiger partial charge >= 0.3 is 17.9 Å². The van der Waals surface area contributed by atoms with Gasteiger partial charge in [0.2, 0.25) is 9.05 Å². The zero-order valence-electron chi connectivity index (χ0n) is 20.1. The van der Waals surface area contributed by atoms with Gasteiger partial charge in [0.25, 0.3) is 0 Å². The average molecular weight is 517 g/mol. The highest BCUT2D eigenvalue weighted by Crippen LogP contribution is 2.69. The first-order chi connectivity index (χ1) is 15.7. The Hall–Kier alpha value is -1.61. The summed E-state index contributed by atoms with van der Waals surface area (Å²) in [6.07, 6.45) is 4.49. The number of carbonyl (C=O) groups excluding carboxylic acids is 3.